The number of aryl methyl sites for hydroxylation is 1. The Bertz CT molecular complexity index is 699. The molecule has 0 saturated carbocycles. The zero-order valence-electron chi connectivity index (χ0n) is 17.3. The van der Waals surface area contributed by atoms with Crippen LogP contribution in [0.25, 0.3) is 0 Å². The molecule has 1 aromatic heterocycles. The standard InChI is InChI=1S/C22H34N2O3/c1-16-18(13-19(27-16)21(2,3)4)20(25)23-10-6-8-22(15-23)9-11-24(22)14-17-7-5-12-26-17/h13,17H,5-12,14-15H2,1-4H3/t17-,22+/m1/s1. The number of furan rings is 1. The lowest BCUT2D eigenvalue weighted by Crippen LogP contribution is -2.68. The summed E-state index contributed by atoms with van der Waals surface area (Å²) in [7, 11) is 0. The maximum absolute atomic E-state index is 13.3. The lowest BCUT2D eigenvalue weighted by Gasteiger charge is -2.57. The van der Waals surface area contributed by atoms with Gasteiger partial charge in [-0.1, -0.05) is 20.8 Å². The van der Waals surface area contributed by atoms with Gasteiger partial charge in [0.15, 0.2) is 0 Å². The first-order valence-electron chi connectivity index (χ1n) is 10.6. The van der Waals surface area contributed by atoms with Crippen LogP contribution in [0.1, 0.15) is 74.8 Å². The van der Waals surface area contributed by atoms with Crippen molar-refractivity contribution in [3.05, 3.63) is 23.2 Å². The summed E-state index contributed by atoms with van der Waals surface area (Å²) in [6.07, 6.45) is 6.23. The van der Waals surface area contributed by atoms with Crippen LogP contribution in [-0.4, -0.2) is 60.1 Å². The highest BCUT2D eigenvalue weighted by Gasteiger charge is 2.49. The van der Waals surface area contributed by atoms with E-state index in [0.717, 1.165) is 56.3 Å². The Morgan fingerprint density at radius 1 is 1.26 bits per heavy atom. The van der Waals surface area contributed by atoms with E-state index in [9.17, 15) is 4.79 Å². The third kappa shape index (κ3) is 3.56. The SMILES string of the molecule is Cc1oc(C(C)(C)C)cc1C(=O)N1CCC[C@]2(CCN2C[C@H]2CCCO2)C1. The van der Waals surface area contributed by atoms with E-state index in [1.165, 1.54) is 25.7 Å². The van der Waals surface area contributed by atoms with Gasteiger partial charge >= 0.3 is 0 Å². The van der Waals surface area contributed by atoms with Gasteiger partial charge in [0.05, 0.1) is 11.7 Å². The molecule has 2 atom stereocenters. The molecule has 5 nitrogen and oxygen atoms in total. The minimum Gasteiger partial charge on any atom is -0.465 e. The van der Waals surface area contributed by atoms with Gasteiger partial charge in [-0.3, -0.25) is 9.69 Å². The number of amides is 1. The second-order valence-electron chi connectivity index (χ2n) is 9.72. The molecule has 0 aliphatic carbocycles. The zero-order chi connectivity index (χ0) is 19.2. The summed E-state index contributed by atoms with van der Waals surface area (Å²) in [5.74, 6) is 1.77. The number of carbonyl (C=O) groups excluding carboxylic acids is 1. The van der Waals surface area contributed by atoms with Crippen LogP contribution in [0.4, 0.5) is 0 Å². The van der Waals surface area contributed by atoms with Gasteiger partial charge in [-0.2, -0.15) is 0 Å². The van der Waals surface area contributed by atoms with Crippen molar-refractivity contribution < 1.29 is 13.9 Å². The Morgan fingerprint density at radius 2 is 2.07 bits per heavy atom. The molecule has 5 heteroatoms. The van der Waals surface area contributed by atoms with E-state index in [2.05, 4.69) is 30.6 Å². The molecule has 0 bridgehead atoms. The summed E-state index contributed by atoms with van der Waals surface area (Å²) < 4.78 is 11.8. The summed E-state index contributed by atoms with van der Waals surface area (Å²) in [6, 6.07) is 1.96. The van der Waals surface area contributed by atoms with Gasteiger partial charge in [0.1, 0.15) is 11.5 Å². The fourth-order valence-corrected chi connectivity index (χ4v) is 4.89. The first-order valence-corrected chi connectivity index (χ1v) is 10.6. The lowest BCUT2D eigenvalue weighted by molar-refractivity contribution is -0.0807. The number of rotatable bonds is 3. The van der Waals surface area contributed by atoms with Crippen molar-refractivity contribution in [2.24, 2.45) is 0 Å². The second-order valence-corrected chi connectivity index (χ2v) is 9.72. The Balaban J connectivity index is 1.46. The van der Waals surface area contributed by atoms with Crippen LogP contribution < -0.4 is 0 Å². The number of hydrogen-bond donors (Lipinski definition) is 0. The highest BCUT2D eigenvalue weighted by atomic mass is 16.5. The first-order chi connectivity index (χ1) is 12.8. The summed E-state index contributed by atoms with van der Waals surface area (Å²) in [5.41, 5.74) is 0.824. The first kappa shape index (κ1) is 19.0. The molecule has 0 unspecified atom stereocenters. The molecule has 1 aromatic rings. The topological polar surface area (TPSA) is 45.9 Å². The van der Waals surface area contributed by atoms with E-state index >= 15 is 0 Å². The maximum atomic E-state index is 13.3. The summed E-state index contributed by atoms with van der Waals surface area (Å²) >= 11 is 0. The van der Waals surface area contributed by atoms with Crippen molar-refractivity contribution in [2.45, 2.75) is 76.9 Å². The molecule has 3 aliphatic heterocycles. The minimum atomic E-state index is -0.0849. The van der Waals surface area contributed by atoms with E-state index in [-0.39, 0.29) is 16.9 Å². The molecular formula is C22H34N2O3. The Labute approximate surface area is 163 Å². The van der Waals surface area contributed by atoms with Crippen molar-refractivity contribution in [1.82, 2.24) is 9.80 Å². The molecule has 4 rings (SSSR count). The van der Waals surface area contributed by atoms with E-state index in [1.807, 2.05) is 13.0 Å². The quantitative estimate of drug-likeness (QED) is 0.808. The third-order valence-corrected chi connectivity index (χ3v) is 6.70. The molecule has 0 aromatic carbocycles. The highest BCUT2D eigenvalue weighted by Crippen LogP contribution is 2.40. The number of carbonyl (C=O) groups is 1. The van der Waals surface area contributed by atoms with E-state index in [1.54, 1.807) is 0 Å². The maximum Gasteiger partial charge on any atom is 0.257 e. The molecule has 3 aliphatic rings. The van der Waals surface area contributed by atoms with Crippen LogP contribution in [0.2, 0.25) is 0 Å². The minimum absolute atomic E-state index is 0.0849. The Morgan fingerprint density at radius 3 is 2.67 bits per heavy atom. The molecule has 3 fully saturated rings. The summed E-state index contributed by atoms with van der Waals surface area (Å²) in [6.45, 7) is 13.0. The Hall–Kier alpha value is -1.33. The van der Waals surface area contributed by atoms with Crippen molar-refractivity contribution >= 4 is 5.91 Å². The van der Waals surface area contributed by atoms with Crippen molar-refractivity contribution in [1.29, 1.82) is 0 Å². The molecular weight excluding hydrogens is 340 g/mol. The number of ether oxygens (including phenoxy) is 1. The average molecular weight is 375 g/mol. The molecule has 1 amide bonds. The van der Waals surface area contributed by atoms with E-state index in [0.29, 0.717) is 6.10 Å². The van der Waals surface area contributed by atoms with Crippen LogP contribution >= 0.6 is 0 Å². The van der Waals surface area contributed by atoms with Gasteiger partial charge in [0.25, 0.3) is 5.91 Å². The molecule has 150 valence electrons. The predicted molar refractivity (Wildman–Crippen MR) is 105 cm³/mol. The smallest absolute Gasteiger partial charge is 0.257 e. The van der Waals surface area contributed by atoms with Gasteiger partial charge in [0.2, 0.25) is 0 Å². The fourth-order valence-electron chi connectivity index (χ4n) is 4.89. The van der Waals surface area contributed by atoms with Gasteiger partial charge < -0.3 is 14.1 Å². The summed E-state index contributed by atoms with van der Waals surface area (Å²) in [5, 5.41) is 0. The molecule has 4 heterocycles. The van der Waals surface area contributed by atoms with Crippen molar-refractivity contribution in [3.8, 4) is 0 Å². The Kier molecular flexibility index (Phi) is 4.88. The average Bonchev–Trinajstić information content (AvgIpc) is 3.27. The monoisotopic (exact) mass is 374 g/mol. The van der Waals surface area contributed by atoms with Crippen LogP contribution in [-0.2, 0) is 10.2 Å². The molecule has 0 N–H and O–H groups in total. The van der Waals surface area contributed by atoms with E-state index < -0.39 is 0 Å². The lowest BCUT2D eigenvalue weighted by atomic mass is 9.77. The van der Waals surface area contributed by atoms with E-state index in [4.69, 9.17) is 9.15 Å². The molecule has 1 spiro atoms. The highest BCUT2D eigenvalue weighted by molar-refractivity contribution is 5.95. The van der Waals surface area contributed by atoms with Crippen LogP contribution in [0.15, 0.2) is 10.5 Å². The molecule has 3 saturated heterocycles. The predicted octanol–water partition coefficient (Wildman–Crippen LogP) is 3.75. The molecule has 0 radical (unpaired) electrons. The van der Waals surface area contributed by atoms with Crippen LogP contribution in [0.3, 0.4) is 0 Å². The third-order valence-electron chi connectivity index (χ3n) is 6.70. The van der Waals surface area contributed by atoms with Gasteiger partial charge in [0, 0.05) is 43.7 Å². The zero-order valence-corrected chi connectivity index (χ0v) is 17.3. The number of hydrogen-bond acceptors (Lipinski definition) is 4. The van der Waals surface area contributed by atoms with Crippen LogP contribution in [0.5, 0.6) is 0 Å². The number of likely N-dealkylation sites (tertiary alicyclic amines) is 2. The number of nitrogens with zero attached hydrogens (tertiary/aromatic N) is 2. The largest absolute Gasteiger partial charge is 0.465 e. The van der Waals surface area contributed by atoms with Gasteiger partial charge in [-0.15, -0.1) is 0 Å². The van der Waals surface area contributed by atoms with Gasteiger partial charge in [-0.05, 0) is 45.1 Å². The fraction of sp³-hybridized carbons (Fsp3) is 0.773. The van der Waals surface area contributed by atoms with Crippen molar-refractivity contribution in [2.75, 3.05) is 32.8 Å². The normalized spacial score (nSPS) is 29.3. The summed E-state index contributed by atoms with van der Waals surface area (Å²) in [4.78, 5) is 17.9. The second kappa shape index (κ2) is 6.93. The van der Waals surface area contributed by atoms with Gasteiger partial charge in [-0.25, -0.2) is 0 Å². The number of piperidine rings is 1. The van der Waals surface area contributed by atoms with Crippen LogP contribution in [0, 0.1) is 6.92 Å². The molecule has 27 heavy (non-hydrogen) atoms. The van der Waals surface area contributed by atoms with Crippen molar-refractivity contribution in [3.63, 3.8) is 0 Å².